The van der Waals surface area contributed by atoms with E-state index in [0.29, 0.717) is 12.1 Å². The van der Waals surface area contributed by atoms with E-state index in [0.717, 1.165) is 23.0 Å². The zero-order valence-electron chi connectivity index (χ0n) is 12.4. The van der Waals surface area contributed by atoms with Gasteiger partial charge >= 0.3 is 6.03 Å². The number of hydrogen-bond acceptors (Lipinski definition) is 3. The fourth-order valence-electron chi connectivity index (χ4n) is 2.22. The van der Waals surface area contributed by atoms with E-state index in [1.807, 2.05) is 44.2 Å². The number of fused-ring (bicyclic) bond motifs is 1. The smallest absolute Gasteiger partial charge is 0.319 e. The van der Waals surface area contributed by atoms with Crippen molar-refractivity contribution in [1.82, 2.24) is 10.3 Å². The predicted octanol–water partition coefficient (Wildman–Crippen LogP) is 2.83. The maximum atomic E-state index is 12.1. The molecule has 0 aliphatic rings. The van der Waals surface area contributed by atoms with Crippen LogP contribution in [0.2, 0.25) is 0 Å². The molecule has 1 aromatic carbocycles. The Balaban J connectivity index is 2.15. The van der Waals surface area contributed by atoms with Gasteiger partial charge in [-0.05, 0) is 31.9 Å². The van der Waals surface area contributed by atoms with Crippen LogP contribution in [-0.4, -0.2) is 28.8 Å². The summed E-state index contributed by atoms with van der Waals surface area (Å²) < 4.78 is 0. The van der Waals surface area contributed by atoms with E-state index in [4.69, 9.17) is 5.11 Å². The molecule has 0 bridgehead atoms. The van der Waals surface area contributed by atoms with Crippen LogP contribution in [0.4, 0.5) is 10.5 Å². The quantitative estimate of drug-likeness (QED) is 0.791. The van der Waals surface area contributed by atoms with Crippen molar-refractivity contribution in [1.29, 1.82) is 0 Å². The number of hydrogen-bond donors (Lipinski definition) is 3. The molecular weight excluding hydrogens is 266 g/mol. The molecule has 0 spiro atoms. The highest BCUT2D eigenvalue weighted by Crippen LogP contribution is 2.21. The minimum atomic E-state index is -0.272. The number of rotatable bonds is 5. The molecule has 0 aliphatic carbocycles. The Kier molecular flexibility index (Phi) is 5.11. The van der Waals surface area contributed by atoms with E-state index >= 15 is 0 Å². The lowest BCUT2D eigenvalue weighted by Gasteiger charge is -2.16. The summed E-state index contributed by atoms with van der Waals surface area (Å²) >= 11 is 0. The first-order valence-corrected chi connectivity index (χ1v) is 7.18. The van der Waals surface area contributed by atoms with Crippen LogP contribution in [0.25, 0.3) is 10.9 Å². The lowest BCUT2D eigenvalue weighted by atomic mass is 10.1. The van der Waals surface area contributed by atoms with Crippen molar-refractivity contribution in [2.45, 2.75) is 32.7 Å². The monoisotopic (exact) mass is 287 g/mol. The van der Waals surface area contributed by atoms with Crippen LogP contribution in [0.15, 0.2) is 30.3 Å². The SMILES string of the molecule is CCC(CCO)NC(=O)Nc1cccc2ccc(C)nc12. The number of carbonyl (C=O) groups excluding carboxylic acids is 1. The molecule has 1 heterocycles. The fraction of sp³-hybridized carbons (Fsp3) is 0.375. The second-order valence-electron chi connectivity index (χ2n) is 5.05. The van der Waals surface area contributed by atoms with Gasteiger partial charge in [0.25, 0.3) is 0 Å². The molecule has 21 heavy (non-hydrogen) atoms. The first kappa shape index (κ1) is 15.3. The summed E-state index contributed by atoms with van der Waals surface area (Å²) in [6.45, 7) is 3.96. The van der Waals surface area contributed by atoms with Gasteiger partial charge in [-0.15, -0.1) is 0 Å². The van der Waals surface area contributed by atoms with Gasteiger partial charge in [0.15, 0.2) is 0 Å². The molecular formula is C16H21N3O2. The van der Waals surface area contributed by atoms with Gasteiger partial charge in [-0.25, -0.2) is 4.79 Å². The molecule has 0 saturated heterocycles. The number of aliphatic hydroxyl groups is 1. The maximum Gasteiger partial charge on any atom is 0.319 e. The largest absolute Gasteiger partial charge is 0.396 e. The van der Waals surface area contributed by atoms with E-state index in [-0.39, 0.29) is 18.7 Å². The number of nitrogens with zero attached hydrogens (tertiary/aromatic N) is 1. The highest BCUT2D eigenvalue weighted by molar-refractivity contribution is 5.99. The number of aromatic nitrogens is 1. The molecule has 5 heteroatoms. The molecule has 0 aliphatic heterocycles. The summed E-state index contributed by atoms with van der Waals surface area (Å²) in [7, 11) is 0. The minimum absolute atomic E-state index is 0.0281. The summed E-state index contributed by atoms with van der Waals surface area (Å²) in [6.07, 6.45) is 1.33. The normalized spacial score (nSPS) is 12.1. The third-order valence-electron chi connectivity index (χ3n) is 3.41. The maximum absolute atomic E-state index is 12.1. The molecule has 3 N–H and O–H groups in total. The van der Waals surface area contributed by atoms with Crippen molar-refractivity contribution in [3.63, 3.8) is 0 Å². The van der Waals surface area contributed by atoms with E-state index in [2.05, 4.69) is 15.6 Å². The Morgan fingerprint density at radius 2 is 2.14 bits per heavy atom. The predicted molar refractivity (Wildman–Crippen MR) is 84.4 cm³/mol. The lowest BCUT2D eigenvalue weighted by molar-refractivity contribution is 0.237. The van der Waals surface area contributed by atoms with Crippen LogP contribution in [0.1, 0.15) is 25.5 Å². The van der Waals surface area contributed by atoms with Crippen molar-refractivity contribution in [3.05, 3.63) is 36.0 Å². The molecule has 0 radical (unpaired) electrons. The van der Waals surface area contributed by atoms with Crippen LogP contribution >= 0.6 is 0 Å². The number of benzene rings is 1. The second-order valence-corrected chi connectivity index (χ2v) is 5.05. The summed E-state index contributed by atoms with van der Waals surface area (Å²) in [4.78, 5) is 16.5. The van der Waals surface area contributed by atoms with Gasteiger partial charge in [0, 0.05) is 23.7 Å². The van der Waals surface area contributed by atoms with Crippen molar-refractivity contribution in [2.75, 3.05) is 11.9 Å². The van der Waals surface area contributed by atoms with Gasteiger partial charge in [0.1, 0.15) is 0 Å². The number of para-hydroxylation sites is 1. The molecule has 2 amide bonds. The van der Waals surface area contributed by atoms with E-state index < -0.39 is 0 Å². The van der Waals surface area contributed by atoms with E-state index in [1.165, 1.54) is 0 Å². The number of anilines is 1. The third-order valence-corrected chi connectivity index (χ3v) is 3.41. The minimum Gasteiger partial charge on any atom is -0.396 e. The molecule has 112 valence electrons. The molecule has 0 fully saturated rings. The van der Waals surface area contributed by atoms with E-state index in [9.17, 15) is 4.79 Å². The Hall–Kier alpha value is -2.14. The molecule has 1 atom stereocenters. The molecule has 1 unspecified atom stereocenters. The number of pyridine rings is 1. The average molecular weight is 287 g/mol. The highest BCUT2D eigenvalue weighted by atomic mass is 16.3. The van der Waals surface area contributed by atoms with Gasteiger partial charge in [-0.2, -0.15) is 0 Å². The fourth-order valence-corrected chi connectivity index (χ4v) is 2.22. The topological polar surface area (TPSA) is 74.2 Å². The van der Waals surface area contributed by atoms with Gasteiger partial charge in [-0.1, -0.05) is 25.1 Å². The molecule has 2 rings (SSSR count). The zero-order valence-corrected chi connectivity index (χ0v) is 12.4. The van der Waals surface area contributed by atoms with Crippen LogP contribution in [0.3, 0.4) is 0 Å². The van der Waals surface area contributed by atoms with E-state index in [1.54, 1.807) is 0 Å². The standard InChI is InChI=1S/C16H21N3O2/c1-3-13(9-10-20)18-16(21)19-14-6-4-5-12-8-7-11(2)17-15(12)14/h4-8,13,20H,3,9-10H2,1-2H3,(H2,18,19,21). The number of aliphatic hydroxyl groups excluding tert-OH is 1. The lowest BCUT2D eigenvalue weighted by Crippen LogP contribution is -2.38. The molecule has 5 nitrogen and oxygen atoms in total. The number of amides is 2. The Labute approximate surface area is 124 Å². The number of nitrogens with one attached hydrogen (secondary N) is 2. The van der Waals surface area contributed by atoms with Crippen LogP contribution in [-0.2, 0) is 0 Å². The first-order chi connectivity index (χ1) is 10.1. The molecule has 2 aromatic rings. The molecule has 0 saturated carbocycles. The Morgan fingerprint density at radius 3 is 2.86 bits per heavy atom. The van der Waals surface area contributed by atoms with Crippen LogP contribution in [0.5, 0.6) is 0 Å². The third kappa shape index (κ3) is 3.92. The van der Waals surface area contributed by atoms with Crippen molar-refractivity contribution >= 4 is 22.6 Å². The van der Waals surface area contributed by atoms with Gasteiger partial charge in [0.2, 0.25) is 0 Å². The number of aryl methyl sites for hydroxylation is 1. The molecule has 1 aromatic heterocycles. The van der Waals surface area contributed by atoms with Gasteiger partial charge < -0.3 is 15.7 Å². The summed E-state index contributed by atoms with van der Waals surface area (Å²) in [5, 5.41) is 15.6. The number of urea groups is 1. The van der Waals surface area contributed by atoms with Crippen LogP contribution in [0, 0.1) is 6.92 Å². The van der Waals surface area contributed by atoms with Crippen molar-refractivity contribution in [3.8, 4) is 0 Å². The highest BCUT2D eigenvalue weighted by Gasteiger charge is 2.11. The van der Waals surface area contributed by atoms with Gasteiger partial charge in [-0.3, -0.25) is 4.98 Å². The van der Waals surface area contributed by atoms with Gasteiger partial charge in [0.05, 0.1) is 11.2 Å². The summed E-state index contributed by atoms with van der Waals surface area (Å²) in [5.74, 6) is 0. The average Bonchev–Trinajstić information content (AvgIpc) is 2.47. The summed E-state index contributed by atoms with van der Waals surface area (Å²) in [6, 6.07) is 9.32. The Morgan fingerprint density at radius 1 is 1.33 bits per heavy atom. The van der Waals surface area contributed by atoms with Crippen molar-refractivity contribution < 1.29 is 9.90 Å². The number of carbonyl (C=O) groups is 1. The van der Waals surface area contributed by atoms with Crippen molar-refractivity contribution in [2.24, 2.45) is 0 Å². The summed E-state index contributed by atoms with van der Waals surface area (Å²) in [5.41, 5.74) is 2.37. The van der Waals surface area contributed by atoms with Crippen LogP contribution < -0.4 is 10.6 Å². The Bertz CT molecular complexity index is 628. The zero-order chi connectivity index (χ0) is 15.2. The second kappa shape index (κ2) is 7.04. The first-order valence-electron chi connectivity index (χ1n) is 7.18.